The fourth-order valence-electron chi connectivity index (χ4n) is 4.04. The van der Waals surface area contributed by atoms with Crippen LogP contribution in [-0.4, -0.2) is 41.8 Å². The maximum Gasteiger partial charge on any atom is 0.407 e. The lowest BCUT2D eigenvalue weighted by atomic mass is 9.86. The van der Waals surface area contributed by atoms with Gasteiger partial charge in [-0.15, -0.1) is 0 Å². The van der Waals surface area contributed by atoms with E-state index >= 15 is 0 Å². The average Bonchev–Trinajstić information content (AvgIpc) is 3.03. The van der Waals surface area contributed by atoms with Gasteiger partial charge >= 0.3 is 12.1 Å². The van der Waals surface area contributed by atoms with Crippen LogP contribution in [0.5, 0.6) is 0 Å². The molecule has 7 heteroatoms. The van der Waals surface area contributed by atoms with Crippen molar-refractivity contribution in [3.63, 3.8) is 0 Å². The summed E-state index contributed by atoms with van der Waals surface area (Å²) in [6.07, 6.45) is -0.665. The number of fused-ring (bicyclic) bond motifs is 3. The second kappa shape index (κ2) is 9.42. The van der Waals surface area contributed by atoms with E-state index in [0.29, 0.717) is 0 Å². The molecule has 7 nitrogen and oxygen atoms in total. The van der Waals surface area contributed by atoms with Gasteiger partial charge in [0.05, 0.1) is 0 Å². The molecule has 0 aromatic heterocycles. The van der Waals surface area contributed by atoms with Gasteiger partial charge in [-0.3, -0.25) is 4.79 Å². The number of amides is 2. The summed E-state index contributed by atoms with van der Waals surface area (Å²) in [6, 6.07) is 14.6. The lowest BCUT2D eigenvalue weighted by Gasteiger charge is -2.28. The number of carbonyl (C=O) groups is 3. The SMILES string of the molecule is C[C@@H](CC(=O)NC(C(=O)O)C(C)(C)C)NC(=O)OCC1c2ccccc2-c2ccccc21. The summed E-state index contributed by atoms with van der Waals surface area (Å²) in [6.45, 7) is 7.08. The number of rotatable bonds is 7. The number of carboxylic acids is 1. The quantitative estimate of drug-likeness (QED) is 0.608. The second-order valence-electron chi connectivity index (χ2n) is 9.28. The average molecular weight is 439 g/mol. The van der Waals surface area contributed by atoms with Crippen molar-refractivity contribution >= 4 is 18.0 Å². The highest BCUT2D eigenvalue weighted by molar-refractivity contribution is 5.84. The molecule has 0 saturated heterocycles. The molecule has 1 unspecified atom stereocenters. The first-order valence-electron chi connectivity index (χ1n) is 10.7. The zero-order valence-corrected chi connectivity index (χ0v) is 18.8. The molecular formula is C25H30N2O5. The van der Waals surface area contributed by atoms with Gasteiger partial charge in [0, 0.05) is 18.4 Å². The molecule has 0 saturated carbocycles. The Balaban J connectivity index is 1.54. The Morgan fingerprint density at radius 2 is 1.50 bits per heavy atom. The van der Waals surface area contributed by atoms with E-state index in [9.17, 15) is 19.5 Å². The number of carbonyl (C=O) groups excluding carboxylic acids is 2. The first-order chi connectivity index (χ1) is 15.1. The fourth-order valence-corrected chi connectivity index (χ4v) is 4.04. The number of hydrogen-bond donors (Lipinski definition) is 3. The van der Waals surface area contributed by atoms with Crippen molar-refractivity contribution in [1.29, 1.82) is 0 Å². The summed E-state index contributed by atoms with van der Waals surface area (Å²) in [5, 5.41) is 14.5. The van der Waals surface area contributed by atoms with Crippen LogP contribution in [0.2, 0.25) is 0 Å². The van der Waals surface area contributed by atoms with Gasteiger partial charge in [-0.25, -0.2) is 9.59 Å². The Morgan fingerprint density at radius 3 is 2.00 bits per heavy atom. The highest BCUT2D eigenvalue weighted by Crippen LogP contribution is 2.44. The molecule has 0 fully saturated rings. The molecule has 0 bridgehead atoms. The highest BCUT2D eigenvalue weighted by Gasteiger charge is 2.33. The molecule has 1 aliphatic rings. The smallest absolute Gasteiger partial charge is 0.407 e. The Bertz CT molecular complexity index is 966. The minimum absolute atomic E-state index is 0.0464. The lowest BCUT2D eigenvalue weighted by molar-refractivity contribution is -0.145. The Morgan fingerprint density at radius 1 is 0.969 bits per heavy atom. The standard InChI is InChI=1S/C25H30N2O5/c1-15(13-21(28)27-22(23(29)30)25(2,3)4)26-24(31)32-14-20-18-11-7-5-9-16(18)17-10-6-8-12-19(17)20/h5-12,15,20,22H,13-14H2,1-4H3,(H,26,31)(H,27,28)(H,29,30)/t15-,22?/m0/s1. The van der Waals surface area contributed by atoms with E-state index in [-0.39, 0.29) is 18.9 Å². The van der Waals surface area contributed by atoms with Crippen LogP contribution >= 0.6 is 0 Å². The zero-order chi connectivity index (χ0) is 23.5. The largest absolute Gasteiger partial charge is 0.480 e. The van der Waals surface area contributed by atoms with Crippen molar-refractivity contribution in [3.8, 4) is 11.1 Å². The first kappa shape index (κ1) is 23.3. The molecule has 3 N–H and O–H groups in total. The van der Waals surface area contributed by atoms with Crippen LogP contribution in [0.3, 0.4) is 0 Å². The van der Waals surface area contributed by atoms with E-state index in [0.717, 1.165) is 22.3 Å². The Hall–Kier alpha value is -3.35. The molecule has 0 heterocycles. The molecule has 0 radical (unpaired) electrons. The van der Waals surface area contributed by atoms with Crippen molar-refractivity contribution in [2.24, 2.45) is 5.41 Å². The topological polar surface area (TPSA) is 105 Å². The van der Waals surface area contributed by atoms with E-state index in [4.69, 9.17) is 4.74 Å². The Kier molecular flexibility index (Phi) is 6.87. The van der Waals surface area contributed by atoms with Crippen LogP contribution in [0, 0.1) is 5.41 Å². The predicted octanol–water partition coefficient (Wildman–Crippen LogP) is 3.92. The minimum atomic E-state index is -1.09. The number of ether oxygens (including phenoxy) is 1. The van der Waals surface area contributed by atoms with E-state index in [1.807, 2.05) is 36.4 Å². The number of hydrogen-bond acceptors (Lipinski definition) is 4. The third kappa shape index (κ3) is 5.28. The van der Waals surface area contributed by atoms with Gasteiger partial charge in [-0.2, -0.15) is 0 Å². The number of benzene rings is 2. The van der Waals surface area contributed by atoms with E-state index in [1.54, 1.807) is 27.7 Å². The van der Waals surface area contributed by atoms with E-state index in [1.165, 1.54) is 0 Å². The first-order valence-corrected chi connectivity index (χ1v) is 10.7. The normalized spacial score (nSPS) is 14.6. The molecule has 2 amide bonds. The van der Waals surface area contributed by atoms with E-state index in [2.05, 4.69) is 22.8 Å². The molecule has 3 rings (SSSR count). The summed E-state index contributed by atoms with van der Waals surface area (Å²) in [7, 11) is 0. The molecule has 2 aromatic carbocycles. The molecule has 0 aliphatic heterocycles. The third-order valence-corrected chi connectivity index (χ3v) is 5.62. The van der Waals surface area contributed by atoms with Gasteiger partial charge in [-0.1, -0.05) is 69.3 Å². The maximum absolute atomic E-state index is 12.3. The van der Waals surface area contributed by atoms with Crippen molar-refractivity contribution in [1.82, 2.24) is 10.6 Å². The highest BCUT2D eigenvalue weighted by atomic mass is 16.5. The fraction of sp³-hybridized carbons (Fsp3) is 0.400. The Labute approximate surface area is 188 Å². The van der Waals surface area contributed by atoms with Gasteiger partial charge in [0.2, 0.25) is 5.91 Å². The van der Waals surface area contributed by atoms with Gasteiger partial charge in [0.1, 0.15) is 12.6 Å². The minimum Gasteiger partial charge on any atom is -0.480 e. The van der Waals surface area contributed by atoms with Crippen LogP contribution in [-0.2, 0) is 14.3 Å². The molecular weight excluding hydrogens is 408 g/mol. The van der Waals surface area contributed by atoms with E-state index < -0.39 is 35.5 Å². The van der Waals surface area contributed by atoms with Crippen LogP contribution in [0.25, 0.3) is 11.1 Å². The summed E-state index contributed by atoms with van der Waals surface area (Å²) in [5.74, 6) is -1.59. The van der Waals surface area contributed by atoms with Crippen molar-refractivity contribution in [2.45, 2.75) is 52.1 Å². The van der Waals surface area contributed by atoms with Gasteiger partial charge in [-0.05, 0) is 34.6 Å². The predicted molar refractivity (Wildman–Crippen MR) is 121 cm³/mol. The van der Waals surface area contributed by atoms with Crippen LogP contribution in [0.1, 0.15) is 51.2 Å². The van der Waals surface area contributed by atoms with Gasteiger partial charge in [0.25, 0.3) is 0 Å². The number of nitrogens with one attached hydrogen (secondary N) is 2. The summed E-state index contributed by atoms with van der Waals surface area (Å²) in [5.41, 5.74) is 3.90. The lowest BCUT2D eigenvalue weighted by Crippen LogP contribution is -2.50. The number of carboxylic acid groups (broad SMARTS) is 1. The number of aliphatic carboxylic acids is 1. The number of alkyl carbamates (subject to hydrolysis) is 1. The molecule has 32 heavy (non-hydrogen) atoms. The second-order valence-corrected chi connectivity index (χ2v) is 9.28. The maximum atomic E-state index is 12.3. The van der Waals surface area contributed by atoms with Gasteiger partial charge < -0.3 is 20.5 Å². The summed E-state index contributed by atoms with van der Waals surface area (Å²) >= 11 is 0. The van der Waals surface area contributed by atoms with Crippen molar-refractivity contribution in [3.05, 3.63) is 59.7 Å². The summed E-state index contributed by atoms with van der Waals surface area (Å²) in [4.78, 5) is 36.0. The molecule has 2 atom stereocenters. The zero-order valence-electron chi connectivity index (χ0n) is 18.8. The van der Waals surface area contributed by atoms with Crippen molar-refractivity contribution in [2.75, 3.05) is 6.61 Å². The monoisotopic (exact) mass is 438 g/mol. The van der Waals surface area contributed by atoms with Crippen LogP contribution in [0.15, 0.2) is 48.5 Å². The van der Waals surface area contributed by atoms with Crippen LogP contribution < -0.4 is 10.6 Å². The molecule has 170 valence electrons. The van der Waals surface area contributed by atoms with Crippen molar-refractivity contribution < 1.29 is 24.2 Å². The molecule has 2 aromatic rings. The molecule has 0 spiro atoms. The molecule has 1 aliphatic carbocycles. The summed E-state index contributed by atoms with van der Waals surface area (Å²) < 4.78 is 5.49. The van der Waals surface area contributed by atoms with Gasteiger partial charge in [0.15, 0.2) is 0 Å². The van der Waals surface area contributed by atoms with Crippen LogP contribution in [0.4, 0.5) is 4.79 Å². The third-order valence-electron chi connectivity index (χ3n) is 5.62.